The highest BCUT2D eigenvalue weighted by Crippen LogP contribution is 2.46. The van der Waals surface area contributed by atoms with Gasteiger partial charge in [-0.2, -0.15) is 0 Å². The van der Waals surface area contributed by atoms with Crippen LogP contribution in [0.3, 0.4) is 0 Å². The molecule has 0 aromatic heterocycles. The minimum Gasteiger partial charge on any atom is -0.328 e. The Morgan fingerprint density at radius 3 is 2.23 bits per heavy atom. The van der Waals surface area contributed by atoms with Crippen molar-refractivity contribution in [2.24, 2.45) is 11.1 Å². The van der Waals surface area contributed by atoms with Crippen LogP contribution >= 0.6 is 0 Å². The van der Waals surface area contributed by atoms with Crippen molar-refractivity contribution in [3.63, 3.8) is 0 Å². The average Bonchev–Trinajstić information content (AvgIpc) is 2.32. The predicted molar refractivity (Wildman–Crippen MR) is 56.6 cm³/mol. The fourth-order valence-electron chi connectivity index (χ4n) is 3.30. The van der Waals surface area contributed by atoms with E-state index in [1.54, 1.807) is 0 Å². The molecule has 2 fully saturated rings. The highest BCUT2D eigenvalue weighted by molar-refractivity contribution is 4.86. The van der Waals surface area contributed by atoms with Crippen LogP contribution in [0, 0.1) is 5.41 Å². The maximum atomic E-state index is 6.02. The summed E-state index contributed by atoms with van der Waals surface area (Å²) in [6, 6.07) is 0.515. The molecule has 0 amide bonds. The zero-order chi connectivity index (χ0) is 9.15. The van der Waals surface area contributed by atoms with Crippen molar-refractivity contribution >= 4 is 0 Å². The highest BCUT2D eigenvalue weighted by Gasteiger charge is 2.33. The van der Waals surface area contributed by atoms with Crippen LogP contribution in [0.5, 0.6) is 0 Å². The van der Waals surface area contributed by atoms with Gasteiger partial charge in [0.1, 0.15) is 0 Å². The molecule has 0 aromatic rings. The van der Waals surface area contributed by atoms with Crippen LogP contribution < -0.4 is 5.73 Å². The van der Waals surface area contributed by atoms with E-state index in [0.717, 1.165) is 5.41 Å². The van der Waals surface area contributed by atoms with Gasteiger partial charge in [0.2, 0.25) is 0 Å². The molecule has 76 valence electrons. The zero-order valence-corrected chi connectivity index (χ0v) is 8.73. The molecule has 13 heavy (non-hydrogen) atoms. The monoisotopic (exact) mass is 181 g/mol. The van der Waals surface area contributed by atoms with Gasteiger partial charge in [-0.3, -0.25) is 0 Å². The summed E-state index contributed by atoms with van der Waals surface area (Å²) in [5, 5.41) is 0. The van der Waals surface area contributed by atoms with Gasteiger partial charge in [0.05, 0.1) is 0 Å². The van der Waals surface area contributed by atoms with Gasteiger partial charge in [0, 0.05) is 6.04 Å². The third-order valence-electron chi connectivity index (χ3n) is 4.24. The molecular formula is C12H23N. The summed E-state index contributed by atoms with van der Waals surface area (Å²) >= 11 is 0. The van der Waals surface area contributed by atoms with E-state index in [0.29, 0.717) is 6.04 Å². The van der Waals surface area contributed by atoms with Crippen molar-refractivity contribution in [1.82, 2.24) is 0 Å². The molecule has 2 aliphatic carbocycles. The molecular weight excluding hydrogens is 158 g/mol. The molecule has 2 saturated carbocycles. The van der Waals surface area contributed by atoms with E-state index in [9.17, 15) is 0 Å². The standard InChI is InChI=1S/C12H23N/c13-11-5-4-9-12(10-6-11)7-2-1-3-8-12/h11H,1-10,13H2. The Bertz CT molecular complexity index is 159. The lowest BCUT2D eigenvalue weighted by atomic mass is 9.69. The molecule has 0 heterocycles. The topological polar surface area (TPSA) is 26.0 Å². The van der Waals surface area contributed by atoms with Crippen molar-refractivity contribution < 1.29 is 0 Å². The van der Waals surface area contributed by atoms with E-state index in [-0.39, 0.29) is 0 Å². The third kappa shape index (κ3) is 2.25. The first-order valence-corrected chi connectivity index (χ1v) is 6.06. The minimum atomic E-state index is 0.515. The van der Waals surface area contributed by atoms with Gasteiger partial charge in [-0.25, -0.2) is 0 Å². The molecule has 1 heteroatoms. The Kier molecular flexibility index (Phi) is 2.92. The van der Waals surface area contributed by atoms with Crippen LogP contribution in [0.2, 0.25) is 0 Å². The number of rotatable bonds is 0. The first-order valence-electron chi connectivity index (χ1n) is 6.06. The normalized spacial score (nSPS) is 34.4. The summed E-state index contributed by atoms with van der Waals surface area (Å²) in [7, 11) is 0. The molecule has 1 nitrogen and oxygen atoms in total. The van der Waals surface area contributed by atoms with Crippen molar-refractivity contribution in [2.45, 2.75) is 70.3 Å². The van der Waals surface area contributed by atoms with Gasteiger partial charge < -0.3 is 5.73 Å². The second kappa shape index (κ2) is 4.00. The largest absolute Gasteiger partial charge is 0.328 e. The molecule has 2 aliphatic rings. The van der Waals surface area contributed by atoms with Crippen LogP contribution in [0.1, 0.15) is 64.2 Å². The first-order chi connectivity index (χ1) is 6.31. The van der Waals surface area contributed by atoms with Crippen LogP contribution in [0.4, 0.5) is 0 Å². The summed E-state index contributed by atoms with van der Waals surface area (Å²) in [6.07, 6.45) is 14.3. The summed E-state index contributed by atoms with van der Waals surface area (Å²) < 4.78 is 0. The smallest absolute Gasteiger partial charge is 0.00390 e. The lowest BCUT2D eigenvalue weighted by Crippen LogP contribution is -2.24. The number of nitrogens with two attached hydrogens (primary N) is 1. The van der Waals surface area contributed by atoms with Gasteiger partial charge in [0.25, 0.3) is 0 Å². The molecule has 2 N–H and O–H groups in total. The fraction of sp³-hybridized carbons (Fsp3) is 1.00. The molecule has 0 bridgehead atoms. The van der Waals surface area contributed by atoms with E-state index < -0.39 is 0 Å². The molecule has 1 spiro atoms. The second-order valence-corrected chi connectivity index (χ2v) is 5.25. The summed E-state index contributed by atoms with van der Waals surface area (Å²) in [5.74, 6) is 0. The Morgan fingerprint density at radius 1 is 0.769 bits per heavy atom. The van der Waals surface area contributed by atoms with Gasteiger partial charge >= 0.3 is 0 Å². The van der Waals surface area contributed by atoms with Crippen LogP contribution in [0.15, 0.2) is 0 Å². The fourth-order valence-corrected chi connectivity index (χ4v) is 3.30. The Hall–Kier alpha value is -0.0400. The van der Waals surface area contributed by atoms with Gasteiger partial charge in [-0.15, -0.1) is 0 Å². The quantitative estimate of drug-likeness (QED) is 0.610. The van der Waals surface area contributed by atoms with Crippen molar-refractivity contribution in [1.29, 1.82) is 0 Å². The molecule has 0 saturated heterocycles. The van der Waals surface area contributed by atoms with Crippen molar-refractivity contribution in [3.8, 4) is 0 Å². The second-order valence-electron chi connectivity index (χ2n) is 5.25. The van der Waals surface area contributed by atoms with E-state index in [1.165, 1.54) is 64.2 Å². The maximum absolute atomic E-state index is 6.02. The zero-order valence-electron chi connectivity index (χ0n) is 8.73. The van der Waals surface area contributed by atoms with E-state index >= 15 is 0 Å². The SMILES string of the molecule is NC1CCCC2(CCCCC2)CC1. The highest BCUT2D eigenvalue weighted by atomic mass is 14.6. The van der Waals surface area contributed by atoms with Crippen LogP contribution in [0.25, 0.3) is 0 Å². The minimum absolute atomic E-state index is 0.515. The number of hydrogen-bond acceptors (Lipinski definition) is 1. The van der Waals surface area contributed by atoms with Crippen LogP contribution in [-0.4, -0.2) is 6.04 Å². The first kappa shape index (κ1) is 9.51. The molecule has 2 rings (SSSR count). The van der Waals surface area contributed by atoms with Crippen molar-refractivity contribution in [3.05, 3.63) is 0 Å². The number of hydrogen-bond donors (Lipinski definition) is 1. The predicted octanol–water partition coefficient (Wildman–Crippen LogP) is 3.23. The molecule has 0 aromatic carbocycles. The van der Waals surface area contributed by atoms with Crippen LogP contribution in [-0.2, 0) is 0 Å². The van der Waals surface area contributed by atoms with Gasteiger partial charge in [-0.1, -0.05) is 25.7 Å². The molecule has 0 aliphatic heterocycles. The molecule has 1 atom stereocenters. The lowest BCUT2D eigenvalue weighted by Gasteiger charge is -2.36. The molecule has 1 unspecified atom stereocenters. The Labute approximate surface area is 82.1 Å². The van der Waals surface area contributed by atoms with E-state index in [4.69, 9.17) is 5.73 Å². The van der Waals surface area contributed by atoms with Crippen molar-refractivity contribution in [2.75, 3.05) is 0 Å². The van der Waals surface area contributed by atoms with E-state index in [2.05, 4.69) is 0 Å². The van der Waals surface area contributed by atoms with Gasteiger partial charge in [0.15, 0.2) is 0 Å². The Morgan fingerprint density at radius 2 is 1.46 bits per heavy atom. The summed E-state index contributed by atoms with van der Waals surface area (Å²) in [6.45, 7) is 0. The van der Waals surface area contributed by atoms with Gasteiger partial charge in [-0.05, 0) is 43.9 Å². The summed E-state index contributed by atoms with van der Waals surface area (Å²) in [5.41, 5.74) is 6.77. The average molecular weight is 181 g/mol. The third-order valence-corrected chi connectivity index (χ3v) is 4.24. The Balaban J connectivity index is 1.95. The maximum Gasteiger partial charge on any atom is 0.00390 e. The summed E-state index contributed by atoms with van der Waals surface area (Å²) in [4.78, 5) is 0. The molecule has 0 radical (unpaired) electrons. The lowest BCUT2D eigenvalue weighted by molar-refractivity contribution is 0.160. The van der Waals surface area contributed by atoms with E-state index in [1.807, 2.05) is 0 Å².